The molecule has 1 aromatic carbocycles. The zero-order valence-electron chi connectivity index (χ0n) is 9.16. The Morgan fingerprint density at radius 1 is 1.13 bits per heavy atom. The van der Waals surface area contributed by atoms with Crippen LogP contribution in [-0.4, -0.2) is 16.7 Å². The van der Waals surface area contributed by atoms with Gasteiger partial charge < -0.3 is 10.4 Å². The Balaban J connectivity index is 2.68. The summed E-state index contributed by atoms with van der Waals surface area (Å²) in [6.07, 6.45) is -1.05. The first-order valence-electron chi connectivity index (χ1n) is 4.75. The maximum atomic E-state index is 10.4. The van der Waals surface area contributed by atoms with Crippen molar-refractivity contribution in [3.05, 3.63) is 24.3 Å². The second-order valence-electron chi connectivity index (χ2n) is 4.38. The van der Waals surface area contributed by atoms with Crippen LogP contribution < -0.4 is 10.6 Å². The Kier molecular flexibility index (Phi) is 3.19. The Hall–Kier alpha value is -1.71. The van der Waals surface area contributed by atoms with E-state index in [1.165, 1.54) is 0 Å². The number of hydrogen-bond donors (Lipinski definition) is 3. The van der Waals surface area contributed by atoms with Gasteiger partial charge in [0.2, 0.25) is 0 Å². The van der Waals surface area contributed by atoms with Crippen LogP contribution in [0.2, 0.25) is 0 Å². The highest BCUT2D eigenvalue weighted by Gasteiger charge is 2.08. The average Bonchev–Trinajstić information content (AvgIpc) is 2.05. The molecule has 0 aromatic heterocycles. The first-order valence-corrected chi connectivity index (χ1v) is 4.75. The topological polar surface area (TPSA) is 61.4 Å². The number of carbonyl (C=O) groups is 1. The lowest BCUT2D eigenvalue weighted by Gasteiger charge is -2.22. The fourth-order valence-electron chi connectivity index (χ4n) is 1.19. The van der Waals surface area contributed by atoms with E-state index in [-0.39, 0.29) is 5.54 Å². The number of carboxylic acid groups (broad SMARTS) is 1. The summed E-state index contributed by atoms with van der Waals surface area (Å²) >= 11 is 0. The van der Waals surface area contributed by atoms with Crippen molar-refractivity contribution in [1.29, 1.82) is 0 Å². The maximum absolute atomic E-state index is 10.4. The second kappa shape index (κ2) is 4.21. The number of rotatable bonds is 2. The molecule has 0 aliphatic heterocycles. The first-order chi connectivity index (χ1) is 6.87. The molecule has 0 aliphatic rings. The van der Waals surface area contributed by atoms with E-state index in [2.05, 4.69) is 31.4 Å². The maximum Gasteiger partial charge on any atom is 0.409 e. The van der Waals surface area contributed by atoms with Crippen LogP contribution in [0.3, 0.4) is 0 Å². The monoisotopic (exact) mass is 208 g/mol. The van der Waals surface area contributed by atoms with E-state index in [1.54, 1.807) is 12.1 Å². The van der Waals surface area contributed by atoms with Gasteiger partial charge in [-0.05, 0) is 45.0 Å². The molecule has 0 heterocycles. The molecule has 0 aliphatic carbocycles. The standard InChI is InChI=1S/C11H16N2O2/c1-11(2,3)13-9-6-4-8(5-7-9)12-10(14)15/h4-7,12-13H,1-3H3,(H,14,15). The van der Waals surface area contributed by atoms with E-state index in [0.29, 0.717) is 5.69 Å². The van der Waals surface area contributed by atoms with E-state index in [0.717, 1.165) is 5.69 Å². The minimum absolute atomic E-state index is 0.00173. The molecule has 0 spiro atoms. The zero-order valence-corrected chi connectivity index (χ0v) is 9.16. The molecule has 0 saturated carbocycles. The van der Waals surface area contributed by atoms with Crippen LogP contribution in [0, 0.1) is 0 Å². The summed E-state index contributed by atoms with van der Waals surface area (Å²) in [6.45, 7) is 6.20. The highest BCUT2D eigenvalue weighted by atomic mass is 16.4. The van der Waals surface area contributed by atoms with Crippen LogP contribution in [0.4, 0.5) is 16.2 Å². The molecule has 3 N–H and O–H groups in total. The van der Waals surface area contributed by atoms with E-state index >= 15 is 0 Å². The van der Waals surface area contributed by atoms with E-state index < -0.39 is 6.09 Å². The van der Waals surface area contributed by atoms with Crippen LogP contribution >= 0.6 is 0 Å². The number of hydrogen-bond acceptors (Lipinski definition) is 2. The Bertz CT molecular complexity index is 339. The Morgan fingerprint density at radius 3 is 2.00 bits per heavy atom. The molecule has 1 amide bonds. The fraction of sp³-hybridized carbons (Fsp3) is 0.364. The molecule has 0 unspecified atom stereocenters. The molecule has 4 nitrogen and oxygen atoms in total. The average molecular weight is 208 g/mol. The zero-order chi connectivity index (χ0) is 11.5. The lowest BCUT2D eigenvalue weighted by molar-refractivity contribution is 0.210. The van der Waals surface area contributed by atoms with Gasteiger partial charge in [-0.15, -0.1) is 0 Å². The first kappa shape index (κ1) is 11.4. The molecule has 1 aromatic rings. The smallest absolute Gasteiger partial charge is 0.409 e. The quantitative estimate of drug-likeness (QED) is 0.700. The summed E-state index contributed by atoms with van der Waals surface area (Å²) in [6, 6.07) is 7.14. The Morgan fingerprint density at radius 2 is 1.60 bits per heavy atom. The van der Waals surface area contributed by atoms with E-state index in [1.807, 2.05) is 12.1 Å². The molecule has 4 heteroatoms. The van der Waals surface area contributed by atoms with Crippen molar-refractivity contribution < 1.29 is 9.90 Å². The van der Waals surface area contributed by atoms with Crippen molar-refractivity contribution in [3.63, 3.8) is 0 Å². The van der Waals surface area contributed by atoms with Gasteiger partial charge in [0, 0.05) is 16.9 Å². The fourth-order valence-corrected chi connectivity index (χ4v) is 1.19. The second-order valence-corrected chi connectivity index (χ2v) is 4.38. The van der Waals surface area contributed by atoms with Gasteiger partial charge in [-0.1, -0.05) is 0 Å². The molecule has 82 valence electrons. The number of benzene rings is 1. The third-order valence-corrected chi connectivity index (χ3v) is 1.66. The van der Waals surface area contributed by atoms with Gasteiger partial charge in [0.25, 0.3) is 0 Å². The van der Waals surface area contributed by atoms with Crippen molar-refractivity contribution in [3.8, 4) is 0 Å². The van der Waals surface area contributed by atoms with Crippen molar-refractivity contribution in [2.75, 3.05) is 10.6 Å². The minimum atomic E-state index is -1.05. The van der Waals surface area contributed by atoms with E-state index in [9.17, 15) is 4.79 Å². The van der Waals surface area contributed by atoms with Gasteiger partial charge in [-0.3, -0.25) is 5.32 Å². The predicted molar refractivity (Wildman–Crippen MR) is 61.5 cm³/mol. The largest absolute Gasteiger partial charge is 0.465 e. The predicted octanol–water partition coefficient (Wildman–Crippen LogP) is 2.99. The lowest BCUT2D eigenvalue weighted by Crippen LogP contribution is -2.25. The van der Waals surface area contributed by atoms with E-state index in [4.69, 9.17) is 5.11 Å². The summed E-state index contributed by atoms with van der Waals surface area (Å²) in [4.78, 5) is 10.4. The summed E-state index contributed by atoms with van der Waals surface area (Å²) in [7, 11) is 0. The summed E-state index contributed by atoms with van der Waals surface area (Å²) in [5, 5.41) is 14.1. The van der Waals surface area contributed by atoms with Gasteiger partial charge in [0.05, 0.1) is 0 Å². The molecule has 15 heavy (non-hydrogen) atoms. The van der Waals surface area contributed by atoms with Crippen molar-refractivity contribution >= 4 is 17.5 Å². The van der Waals surface area contributed by atoms with Crippen LogP contribution in [0.25, 0.3) is 0 Å². The van der Waals surface area contributed by atoms with Gasteiger partial charge in [-0.25, -0.2) is 4.79 Å². The summed E-state index contributed by atoms with van der Waals surface area (Å²) < 4.78 is 0. The third kappa shape index (κ3) is 4.35. The molecule has 0 bridgehead atoms. The van der Waals surface area contributed by atoms with Crippen molar-refractivity contribution in [1.82, 2.24) is 0 Å². The molecule has 0 radical (unpaired) electrons. The highest BCUT2D eigenvalue weighted by Crippen LogP contribution is 2.17. The van der Waals surface area contributed by atoms with Crippen LogP contribution in [0.1, 0.15) is 20.8 Å². The highest BCUT2D eigenvalue weighted by molar-refractivity contribution is 5.83. The number of nitrogens with one attached hydrogen (secondary N) is 2. The van der Waals surface area contributed by atoms with Crippen LogP contribution in [-0.2, 0) is 0 Å². The summed E-state index contributed by atoms with van der Waals surface area (Å²) in [5.41, 5.74) is 1.54. The minimum Gasteiger partial charge on any atom is -0.465 e. The third-order valence-electron chi connectivity index (χ3n) is 1.66. The van der Waals surface area contributed by atoms with Crippen molar-refractivity contribution in [2.45, 2.75) is 26.3 Å². The Labute approximate surface area is 89.3 Å². The van der Waals surface area contributed by atoms with Gasteiger partial charge in [0.15, 0.2) is 0 Å². The lowest BCUT2D eigenvalue weighted by atomic mass is 10.1. The number of anilines is 2. The molecular formula is C11H16N2O2. The van der Waals surface area contributed by atoms with Crippen LogP contribution in [0.15, 0.2) is 24.3 Å². The SMILES string of the molecule is CC(C)(C)Nc1ccc(NC(=O)O)cc1. The molecular weight excluding hydrogens is 192 g/mol. The molecule has 1 rings (SSSR count). The van der Waals surface area contributed by atoms with Crippen LogP contribution in [0.5, 0.6) is 0 Å². The van der Waals surface area contributed by atoms with Gasteiger partial charge in [-0.2, -0.15) is 0 Å². The van der Waals surface area contributed by atoms with Gasteiger partial charge >= 0.3 is 6.09 Å². The molecule has 0 atom stereocenters. The van der Waals surface area contributed by atoms with Crippen molar-refractivity contribution in [2.24, 2.45) is 0 Å². The number of amides is 1. The summed E-state index contributed by atoms with van der Waals surface area (Å²) in [5.74, 6) is 0. The molecule has 0 fully saturated rings. The normalized spacial score (nSPS) is 10.9. The van der Waals surface area contributed by atoms with Gasteiger partial charge in [0.1, 0.15) is 0 Å². The molecule has 0 saturated heterocycles.